The molecule has 6 nitrogen and oxygen atoms in total. The van der Waals surface area contributed by atoms with Gasteiger partial charge < -0.3 is 21.3 Å². The van der Waals surface area contributed by atoms with Crippen molar-refractivity contribution >= 4 is 7.82 Å². The summed E-state index contributed by atoms with van der Waals surface area (Å²) in [5.41, 5.74) is 13.8. The molecule has 102 valence electrons. The van der Waals surface area contributed by atoms with Crippen molar-refractivity contribution in [3.63, 3.8) is 0 Å². The van der Waals surface area contributed by atoms with Crippen LogP contribution in [0.1, 0.15) is 16.7 Å². The van der Waals surface area contributed by atoms with Gasteiger partial charge in [0.15, 0.2) is 0 Å². The van der Waals surface area contributed by atoms with Crippen molar-refractivity contribution in [2.24, 2.45) is 11.5 Å². The smallest absolute Gasteiger partial charge is 0.330 e. The quantitative estimate of drug-likeness (QED) is 0.531. The van der Waals surface area contributed by atoms with Crippen LogP contribution >= 0.6 is 7.82 Å². The lowest BCUT2D eigenvalue weighted by Crippen LogP contribution is -2.07. The summed E-state index contributed by atoms with van der Waals surface area (Å²) in [5.74, 6) is 0. The van der Waals surface area contributed by atoms with E-state index in [0.717, 1.165) is 11.1 Å². The number of phosphoric ester groups is 1. The second-order valence-corrected chi connectivity index (χ2v) is 5.24. The molecule has 0 amide bonds. The summed E-state index contributed by atoms with van der Waals surface area (Å²) in [4.78, 5) is 17.3. The van der Waals surface area contributed by atoms with Gasteiger partial charge in [0.05, 0.1) is 6.61 Å². The SMILES string of the molecule is NCCc1cc(CCN)cc(COP(=O)(O)O)c1. The first-order valence-corrected chi connectivity index (χ1v) is 7.19. The number of nitrogens with two attached hydrogens (primary N) is 2. The summed E-state index contributed by atoms with van der Waals surface area (Å²) in [6.45, 7) is 0.913. The fourth-order valence-corrected chi connectivity index (χ4v) is 2.02. The second kappa shape index (κ2) is 6.99. The minimum Gasteiger partial charge on any atom is -0.330 e. The number of hydrogen-bond donors (Lipinski definition) is 4. The Labute approximate surface area is 106 Å². The summed E-state index contributed by atoms with van der Waals surface area (Å²) >= 11 is 0. The zero-order valence-electron chi connectivity index (χ0n) is 10.1. The Hall–Kier alpha value is -0.750. The van der Waals surface area contributed by atoms with Crippen LogP contribution in [-0.2, 0) is 28.5 Å². The van der Waals surface area contributed by atoms with E-state index in [2.05, 4.69) is 4.52 Å². The summed E-state index contributed by atoms with van der Waals surface area (Å²) in [6.07, 6.45) is 1.42. The number of hydrogen-bond acceptors (Lipinski definition) is 4. The molecule has 1 rings (SSSR count). The minimum absolute atomic E-state index is 0.125. The van der Waals surface area contributed by atoms with E-state index in [-0.39, 0.29) is 6.61 Å². The highest BCUT2D eigenvalue weighted by Crippen LogP contribution is 2.37. The Morgan fingerprint density at radius 2 is 1.44 bits per heavy atom. The van der Waals surface area contributed by atoms with Crippen molar-refractivity contribution in [3.8, 4) is 0 Å². The molecule has 0 aliphatic carbocycles. The van der Waals surface area contributed by atoms with Crippen LogP contribution in [0.4, 0.5) is 0 Å². The lowest BCUT2D eigenvalue weighted by Gasteiger charge is -2.10. The molecule has 0 fully saturated rings. The maximum Gasteiger partial charge on any atom is 0.469 e. The van der Waals surface area contributed by atoms with Crippen LogP contribution in [0.5, 0.6) is 0 Å². The van der Waals surface area contributed by atoms with Gasteiger partial charge in [-0.1, -0.05) is 18.2 Å². The molecule has 0 aliphatic rings. The van der Waals surface area contributed by atoms with Gasteiger partial charge in [-0.15, -0.1) is 0 Å². The van der Waals surface area contributed by atoms with E-state index >= 15 is 0 Å². The van der Waals surface area contributed by atoms with E-state index in [1.54, 1.807) is 0 Å². The highest BCUT2D eigenvalue weighted by molar-refractivity contribution is 7.46. The van der Waals surface area contributed by atoms with Crippen LogP contribution < -0.4 is 11.5 Å². The maximum absolute atomic E-state index is 10.7. The molecule has 0 aromatic heterocycles. The van der Waals surface area contributed by atoms with Crippen LogP contribution in [-0.4, -0.2) is 22.9 Å². The van der Waals surface area contributed by atoms with E-state index in [0.29, 0.717) is 31.5 Å². The van der Waals surface area contributed by atoms with Crippen LogP contribution in [0.3, 0.4) is 0 Å². The topological polar surface area (TPSA) is 119 Å². The van der Waals surface area contributed by atoms with Crippen molar-refractivity contribution in [1.29, 1.82) is 0 Å². The van der Waals surface area contributed by atoms with Crippen LogP contribution in [0.2, 0.25) is 0 Å². The van der Waals surface area contributed by atoms with Gasteiger partial charge in [-0.05, 0) is 42.6 Å². The normalized spacial score (nSPS) is 11.8. The van der Waals surface area contributed by atoms with E-state index in [1.165, 1.54) is 0 Å². The van der Waals surface area contributed by atoms with Crippen molar-refractivity contribution in [2.45, 2.75) is 19.4 Å². The number of benzene rings is 1. The molecule has 0 aliphatic heterocycles. The largest absolute Gasteiger partial charge is 0.469 e. The molecule has 1 aromatic carbocycles. The highest BCUT2D eigenvalue weighted by Gasteiger charge is 2.14. The van der Waals surface area contributed by atoms with E-state index in [1.807, 2.05) is 18.2 Å². The van der Waals surface area contributed by atoms with Crippen molar-refractivity contribution in [3.05, 3.63) is 34.9 Å². The molecule has 6 N–H and O–H groups in total. The van der Waals surface area contributed by atoms with Crippen molar-refractivity contribution in [1.82, 2.24) is 0 Å². The average molecular weight is 274 g/mol. The summed E-state index contributed by atoms with van der Waals surface area (Å²) in [7, 11) is -4.44. The first-order chi connectivity index (χ1) is 8.44. The van der Waals surface area contributed by atoms with Gasteiger partial charge >= 0.3 is 7.82 Å². The first-order valence-electron chi connectivity index (χ1n) is 5.66. The Morgan fingerprint density at radius 3 is 1.83 bits per heavy atom. The van der Waals surface area contributed by atoms with E-state index in [9.17, 15) is 4.57 Å². The monoisotopic (exact) mass is 274 g/mol. The zero-order chi connectivity index (χ0) is 13.6. The summed E-state index contributed by atoms with van der Waals surface area (Å²) in [6, 6.07) is 5.67. The molecule has 0 atom stereocenters. The standard InChI is InChI=1S/C11H19N2O4P/c12-3-1-9-5-10(2-4-13)7-11(6-9)8-17-18(14,15)16/h5-7H,1-4,8,12-13H2,(H2,14,15,16). The Kier molecular flexibility index (Phi) is 5.95. The molecular weight excluding hydrogens is 255 g/mol. The van der Waals surface area contributed by atoms with Gasteiger partial charge in [0.1, 0.15) is 0 Å². The predicted molar refractivity (Wildman–Crippen MR) is 68.8 cm³/mol. The third kappa shape index (κ3) is 5.73. The zero-order valence-corrected chi connectivity index (χ0v) is 11.0. The van der Waals surface area contributed by atoms with Crippen LogP contribution in [0.25, 0.3) is 0 Å². The molecule has 0 radical (unpaired) electrons. The van der Waals surface area contributed by atoms with Gasteiger partial charge in [0, 0.05) is 0 Å². The molecule has 0 bridgehead atoms. The summed E-state index contributed by atoms with van der Waals surface area (Å²) in [5, 5.41) is 0. The first kappa shape index (κ1) is 15.3. The van der Waals surface area contributed by atoms with Gasteiger partial charge in [-0.2, -0.15) is 0 Å². The molecule has 0 unspecified atom stereocenters. The van der Waals surface area contributed by atoms with E-state index in [4.69, 9.17) is 21.3 Å². The molecule has 18 heavy (non-hydrogen) atoms. The molecular formula is C11H19N2O4P. The highest BCUT2D eigenvalue weighted by atomic mass is 31.2. The molecule has 1 aromatic rings. The third-order valence-corrected chi connectivity index (χ3v) is 2.84. The molecule has 0 spiro atoms. The Balaban J connectivity index is 2.84. The van der Waals surface area contributed by atoms with Crippen LogP contribution in [0.15, 0.2) is 18.2 Å². The molecule has 0 saturated carbocycles. The second-order valence-electron chi connectivity index (χ2n) is 4.00. The average Bonchev–Trinajstić information content (AvgIpc) is 2.26. The van der Waals surface area contributed by atoms with Gasteiger partial charge in [0.25, 0.3) is 0 Å². The predicted octanol–water partition coefficient (Wildman–Crippen LogP) is 0.298. The number of phosphoric acid groups is 1. The maximum atomic E-state index is 10.7. The summed E-state index contributed by atoms with van der Waals surface area (Å²) < 4.78 is 15.1. The fourth-order valence-electron chi connectivity index (χ4n) is 1.70. The fraction of sp³-hybridized carbons (Fsp3) is 0.455. The Bertz CT molecular complexity index is 409. The lowest BCUT2D eigenvalue weighted by molar-refractivity contribution is 0.189. The Morgan fingerprint density at radius 1 is 1.00 bits per heavy atom. The molecule has 0 heterocycles. The lowest BCUT2D eigenvalue weighted by atomic mass is 10.0. The third-order valence-electron chi connectivity index (χ3n) is 2.38. The van der Waals surface area contributed by atoms with Crippen molar-refractivity contribution in [2.75, 3.05) is 13.1 Å². The van der Waals surface area contributed by atoms with Crippen molar-refractivity contribution < 1.29 is 18.9 Å². The number of rotatable bonds is 7. The minimum atomic E-state index is -4.44. The van der Waals surface area contributed by atoms with E-state index < -0.39 is 7.82 Å². The molecule has 0 saturated heterocycles. The van der Waals surface area contributed by atoms with Gasteiger partial charge in [-0.25, -0.2) is 4.57 Å². The molecule has 7 heteroatoms. The van der Waals surface area contributed by atoms with Crippen LogP contribution in [0, 0.1) is 0 Å². The van der Waals surface area contributed by atoms with Gasteiger partial charge in [-0.3, -0.25) is 4.52 Å². The van der Waals surface area contributed by atoms with Gasteiger partial charge in [0.2, 0.25) is 0 Å².